The lowest BCUT2D eigenvalue weighted by Crippen LogP contribution is -2.50. The van der Waals surface area contributed by atoms with E-state index in [4.69, 9.17) is 11.6 Å². The number of likely N-dealkylation sites (tertiary alicyclic amines) is 1. The predicted octanol–water partition coefficient (Wildman–Crippen LogP) is 5.47. The molecule has 2 fully saturated rings. The average molecular weight is 573 g/mol. The van der Waals surface area contributed by atoms with Crippen LogP contribution in [0.2, 0.25) is 5.02 Å². The van der Waals surface area contributed by atoms with Crippen LogP contribution in [0, 0.1) is 11.3 Å². The molecule has 1 atom stereocenters. The smallest absolute Gasteiger partial charge is 0.241 e. The van der Waals surface area contributed by atoms with Gasteiger partial charge in [0.05, 0.1) is 6.04 Å². The van der Waals surface area contributed by atoms with Crippen molar-refractivity contribution in [2.75, 3.05) is 19.6 Å². The first-order valence-electron chi connectivity index (χ1n) is 15.2. The Hall–Kier alpha value is -3.00. The van der Waals surface area contributed by atoms with Gasteiger partial charge in [-0.1, -0.05) is 67.3 Å². The molecule has 8 heteroatoms. The van der Waals surface area contributed by atoms with E-state index in [1.54, 1.807) is 6.33 Å². The molecule has 3 aromatic rings. The van der Waals surface area contributed by atoms with Crippen molar-refractivity contribution in [1.82, 2.24) is 30.3 Å². The van der Waals surface area contributed by atoms with E-state index in [-0.39, 0.29) is 17.4 Å². The lowest BCUT2D eigenvalue weighted by molar-refractivity contribution is -0.122. The fourth-order valence-corrected chi connectivity index (χ4v) is 7.34. The first-order valence-corrected chi connectivity index (χ1v) is 15.6. The van der Waals surface area contributed by atoms with Crippen molar-refractivity contribution in [3.05, 3.63) is 88.6 Å². The Balaban J connectivity index is 1.16. The summed E-state index contributed by atoms with van der Waals surface area (Å²) >= 11 is 6.16. The van der Waals surface area contributed by atoms with Crippen LogP contribution in [0.5, 0.6) is 0 Å². The van der Waals surface area contributed by atoms with Crippen molar-refractivity contribution in [3.63, 3.8) is 0 Å². The molecule has 1 amide bonds. The van der Waals surface area contributed by atoms with Crippen LogP contribution in [0.4, 0.5) is 0 Å². The number of carbonyl (C=O) groups excluding carboxylic acids is 1. The van der Waals surface area contributed by atoms with Crippen LogP contribution in [0.25, 0.3) is 6.08 Å². The Morgan fingerprint density at radius 1 is 1.05 bits per heavy atom. The van der Waals surface area contributed by atoms with Crippen LogP contribution in [0.1, 0.15) is 61.6 Å². The second-order valence-corrected chi connectivity index (χ2v) is 12.6. The maximum absolute atomic E-state index is 13.5. The highest BCUT2D eigenvalue weighted by Gasteiger charge is 2.42. The van der Waals surface area contributed by atoms with Crippen molar-refractivity contribution in [2.45, 2.75) is 70.5 Å². The molecule has 216 valence electrons. The van der Waals surface area contributed by atoms with E-state index in [0.29, 0.717) is 24.5 Å². The Morgan fingerprint density at radius 2 is 1.80 bits per heavy atom. The fourth-order valence-electron chi connectivity index (χ4n) is 7.21. The van der Waals surface area contributed by atoms with Crippen molar-refractivity contribution in [2.24, 2.45) is 11.3 Å². The Bertz CT molecular complexity index is 1320. The standard InChI is InChI=1S/C33H41ClN6O/c34-29-12-10-25(11-13-29)18-30(38-32(41)31-19-26-6-4-5-7-27(26)20-36-31)21-39-16-14-33(15-17-39,22-40-24-35-23-37-40)28-8-2-1-3-9-28/h4-7,10-13,18,23-24,28,31,36H,1-3,8-9,14-17,19-22H2,(H,38,41)/b30-18-/t31-/m0/s1. The minimum atomic E-state index is -0.249. The second kappa shape index (κ2) is 12.9. The van der Waals surface area contributed by atoms with Crippen LogP contribution in [-0.2, 0) is 24.3 Å². The molecule has 7 nitrogen and oxygen atoms in total. The Kier molecular flexibility index (Phi) is 8.84. The number of rotatable bonds is 8. The number of nitrogens with one attached hydrogen (secondary N) is 2. The van der Waals surface area contributed by atoms with Gasteiger partial charge >= 0.3 is 0 Å². The lowest BCUT2D eigenvalue weighted by Gasteiger charge is -2.48. The summed E-state index contributed by atoms with van der Waals surface area (Å²) < 4.78 is 2.05. The number of piperidine rings is 1. The number of benzene rings is 2. The monoisotopic (exact) mass is 572 g/mol. The maximum Gasteiger partial charge on any atom is 0.241 e. The molecule has 3 heterocycles. The third-order valence-electron chi connectivity index (χ3n) is 9.55. The highest BCUT2D eigenvalue weighted by molar-refractivity contribution is 6.30. The third kappa shape index (κ3) is 6.91. The number of nitrogens with zero attached hydrogens (tertiary/aromatic N) is 4. The number of aromatic nitrogens is 3. The van der Waals surface area contributed by atoms with E-state index in [1.807, 2.05) is 35.3 Å². The van der Waals surface area contributed by atoms with Gasteiger partial charge in [0.25, 0.3) is 0 Å². The van der Waals surface area contributed by atoms with Gasteiger partial charge < -0.3 is 10.6 Å². The zero-order chi connectivity index (χ0) is 28.1. The van der Waals surface area contributed by atoms with Gasteiger partial charge in [0.1, 0.15) is 12.7 Å². The molecule has 0 radical (unpaired) electrons. The van der Waals surface area contributed by atoms with Gasteiger partial charge in [-0.3, -0.25) is 14.4 Å². The summed E-state index contributed by atoms with van der Waals surface area (Å²) in [6.07, 6.45) is 15.3. The molecule has 1 aliphatic carbocycles. The zero-order valence-electron chi connectivity index (χ0n) is 23.8. The molecule has 2 aromatic carbocycles. The van der Waals surface area contributed by atoms with Gasteiger partial charge in [0.15, 0.2) is 0 Å². The third-order valence-corrected chi connectivity index (χ3v) is 9.80. The molecule has 6 rings (SSSR count). The molecule has 41 heavy (non-hydrogen) atoms. The molecule has 1 aromatic heterocycles. The summed E-state index contributed by atoms with van der Waals surface area (Å²) in [7, 11) is 0. The summed E-state index contributed by atoms with van der Waals surface area (Å²) in [5.74, 6) is 0.770. The summed E-state index contributed by atoms with van der Waals surface area (Å²) in [6, 6.07) is 15.9. The van der Waals surface area contributed by atoms with E-state index in [1.165, 1.54) is 43.2 Å². The van der Waals surface area contributed by atoms with Crippen LogP contribution >= 0.6 is 11.6 Å². The molecule has 0 bridgehead atoms. The average Bonchev–Trinajstić information content (AvgIpc) is 3.52. The minimum Gasteiger partial charge on any atom is -0.327 e. The van der Waals surface area contributed by atoms with E-state index >= 15 is 0 Å². The quantitative estimate of drug-likeness (QED) is 0.375. The van der Waals surface area contributed by atoms with E-state index in [2.05, 4.69) is 56.0 Å². The zero-order valence-corrected chi connectivity index (χ0v) is 24.5. The Labute approximate surface area is 248 Å². The number of hydrogen-bond donors (Lipinski definition) is 2. The number of amides is 1. The van der Waals surface area contributed by atoms with Gasteiger partial charge in [0.2, 0.25) is 5.91 Å². The van der Waals surface area contributed by atoms with Crippen LogP contribution < -0.4 is 10.6 Å². The highest BCUT2D eigenvalue weighted by atomic mass is 35.5. The van der Waals surface area contributed by atoms with Gasteiger partial charge in [-0.05, 0) is 91.4 Å². The van der Waals surface area contributed by atoms with Crippen molar-refractivity contribution < 1.29 is 4.79 Å². The number of hydrogen-bond acceptors (Lipinski definition) is 5. The molecule has 1 saturated carbocycles. The van der Waals surface area contributed by atoms with E-state index in [0.717, 1.165) is 49.7 Å². The predicted molar refractivity (Wildman–Crippen MR) is 163 cm³/mol. The second-order valence-electron chi connectivity index (χ2n) is 12.2. The lowest BCUT2D eigenvalue weighted by atomic mass is 9.63. The normalized spacial score (nSPS) is 21.8. The maximum atomic E-state index is 13.5. The van der Waals surface area contributed by atoms with Gasteiger partial charge in [-0.15, -0.1) is 0 Å². The topological polar surface area (TPSA) is 75.1 Å². The van der Waals surface area contributed by atoms with Crippen molar-refractivity contribution in [1.29, 1.82) is 0 Å². The molecule has 0 unspecified atom stereocenters. The number of fused-ring (bicyclic) bond motifs is 1. The number of halogens is 1. The first kappa shape index (κ1) is 28.1. The van der Waals surface area contributed by atoms with Gasteiger partial charge in [-0.2, -0.15) is 5.10 Å². The van der Waals surface area contributed by atoms with Gasteiger partial charge in [0, 0.05) is 30.4 Å². The SMILES string of the molecule is O=C(N/C(=C\c1ccc(Cl)cc1)CN1CCC(Cn2cncn2)(C2CCCCC2)CC1)[C@@H]1Cc2ccccc2CN1. The van der Waals surface area contributed by atoms with Crippen LogP contribution in [-0.4, -0.2) is 51.2 Å². The fraction of sp³-hybridized carbons (Fsp3) is 0.485. The molecular formula is C33H41ClN6O. The van der Waals surface area contributed by atoms with Crippen LogP contribution in [0.3, 0.4) is 0 Å². The molecule has 2 aliphatic heterocycles. The minimum absolute atomic E-state index is 0.0273. The van der Waals surface area contributed by atoms with Gasteiger partial charge in [-0.25, -0.2) is 4.98 Å². The van der Waals surface area contributed by atoms with Crippen LogP contribution in [0.15, 0.2) is 66.9 Å². The summed E-state index contributed by atoms with van der Waals surface area (Å²) in [6.45, 7) is 4.39. The number of carbonyl (C=O) groups is 1. The van der Waals surface area contributed by atoms with E-state index < -0.39 is 0 Å². The molecule has 3 aliphatic rings. The largest absolute Gasteiger partial charge is 0.327 e. The van der Waals surface area contributed by atoms with Crippen molar-refractivity contribution >= 4 is 23.6 Å². The first-order chi connectivity index (χ1) is 20.1. The summed E-state index contributed by atoms with van der Waals surface area (Å²) in [4.78, 5) is 20.3. The Morgan fingerprint density at radius 3 is 2.54 bits per heavy atom. The highest BCUT2D eigenvalue weighted by Crippen LogP contribution is 2.47. The molecular weight excluding hydrogens is 532 g/mol. The van der Waals surface area contributed by atoms with Crippen molar-refractivity contribution in [3.8, 4) is 0 Å². The molecule has 0 spiro atoms. The summed E-state index contributed by atoms with van der Waals surface area (Å²) in [5, 5.41) is 11.9. The molecule has 2 N–H and O–H groups in total. The molecule has 1 saturated heterocycles. The van der Waals surface area contributed by atoms with E-state index in [9.17, 15) is 4.79 Å². The summed E-state index contributed by atoms with van der Waals surface area (Å²) in [5.41, 5.74) is 4.74.